The third kappa shape index (κ3) is 6.21. The quantitative estimate of drug-likeness (QED) is 0.388. The van der Waals surface area contributed by atoms with Crippen LogP contribution in [0.3, 0.4) is 0 Å². The topological polar surface area (TPSA) is 121 Å². The minimum atomic E-state index is -0.502. The smallest absolute Gasteiger partial charge is 0.407 e. The molecule has 4 fully saturated rings. The number of rotatable bonds is 9. The molecule has 4 aliphatic rings. The molecule has 9 nitrogen and oxygen atoms in total. The van der Waals surface area contributed by atoms with Crippen LogP contribution in [0.1, 0.15) is 70.9 Å². The summed E-state index contributed by atoms with van der Waals surface area (Å²) < 4.78 is 11.3. The molecular weight excluding hydrogens is 492 g/mol. The van der Waals surface area contributed by atoms with Crippen LogP contribution in [0, 0.1) is 34.5 Å². The third-order valence-corrected chi connectivity index (χ3v) is 8.33. The molecule has 9 heteroatoms. The standard InChI is InChI=1S/C30H40N6O3/c1-5-38-24-9-7-6-8-20(24)16-32-27-33-17-23(15-31)26(36-27)34-18-30-12-19-10-21(13-30)25(22(11-19)14-30)35-28(37)39-29(2,3)4/h6-9,17,19,21-22,25H,5,10-14,16,18H2,1-4H3,(H,35,37)(H2,32,33,34,36)/t19?,21-,22+,25?,30?. The highest BCUT2D eigenvalue weighted by molar-refractivity contribution is 5.68. The Morgan fingerprint density at radius 3 is 2.59 bits per heavy atom. The zero-order valence-electron chi connectivity index (χ0n) is 23.4. The first-order chi connectivity index (χ1) is 18.7. The lowest BCUT2D eigenvalue weighted by Gasteiger charge is -2.60. The number of anilines is 2. The molecule has 4 saturated carbocycles. The van der Waals surface area contributed by atoms with Crippen molar-refractivity contribution in [2.24, 2.45) is 23.2 Å². The molecule has 4 aliphatic carbocycles. The molecule has 2 aromatic rings. The van der Waals surface area contributed by atoms with Gasteiger partial charge < -0.3 is 25.4 Å². The van der Waals surface area contributed by atoms with E-state index in [1.165, 1.54) is 6.42 Å². The molecule has 4 bridgehead atoms. The Morgan fingerprint density at radius 1 is 1.15 bits per heavy atom. The highest BCUT2D eigenvalue weighted by Crippen LogP contribution is 2.60. The molecule has 1 aromatic carbocycles. The summed E-state index contributed by atoms with van der Waals surface area (Å²) in [6.07, 6.45) is 6.88. The number of ether oxygens (including phenoxy) is 2. The van der Waals surface area contributed by atoms with E-state index in [-0.39, 0.29) is 17.6 Å². The summed E-state index contributed by atoms with van der Waals surface area (Å²) in [6.45, 7) is 9.53. The summed E-state index contributed by atoms with van der Waals surface area (Å²) in [6, 6.07) is 10.3. The molecule has 3 unspecified atom stereocenters. The van der Waals surface area contributed by atoms with Gasteiger partial charge in [-0.25, -0.2) is 9.78 Å². The first kappa shape index (κ1) is 27.0. The molecule has 1 amide bonds. The number of para-hydroxylation sites is 1. The van der Waals surface area contributed by atoms with Crippen molar-refractivity contribution in [1.82, 2.24) is 15.3 Å². The van der Waals surface area contributed by atoms with Gasteiger partial charge in [0.1, 0.15) is 28.8 Å². The summed E-state index contributed by atoms with van der Waals surface area (Å²) >= 11 is 0. The molecule has 39 heavy (non-hydrogen) atoms. The lowest BCUT2D eigenvalue weighted by Crippen LogP contribution is -2.60. The third-order valence-electron chi connectivity index (χ3n) is 8.33. The van der Waals surface area contributed by atoms with Gasteiger partial charge in [0.15, 0.2) is 0 Å². The lowest BCUT2D eigenvalue weighted by molar-refractivity contribution is -0.0703. The van der Waals surface area contributed by atoms with E-state index < -0.39 is 5.60 Å². The van der Waals surface area contributed by atoms with Crippen molar-refractivity contribution >= 4 is 17.9 Å². The van der Waals surface area contributed by atoms with Crippen LogP contribution in [0.5, 0.6) is 5.75 Å². The van der Waals surface area contributed by atoms with E-state index in [0.717, 1.165) is 43.5 Å². The van der Waals surface area contributed by atoms with Crippen molar-refractivity contribution in [1.29, 1.82) is 5.26 Å². The van der Waals surface area contributed by atoms with Gasteiger partial charge in [-0.05, 0) is 89.0 Å². The van der Waals surface area contributed by atoms with Crippen molar-refractivity contribution in [3.8, 4) is 11.8 Å². The van der Waals surface area contributed by atoms with Crippen molar-refractivity contribution in [2.75, 3.05) is 23.8 Å². The van der Waals surface area contributed by atoms with Crippen molar-refractivity contribution < 1.29 is 14.3 Å². The van der Waals surface area contributed by atoms with E-state index >= 15 is 0 Å². The molecule has 6 rings (SSSR count). The molecular formula is C30H40N6O3. The second-order valence-electron chi connectivity index (χ2n) is 12.5. The van der Waals surface area contributed by atoms with Crippen molar-refractivity contribution in [3.63, 3.8) is 0 Å². The van der Waals surface area contributed by atoms with Crippen LogP contribution < -0.4 is 20.7 Å². The van der Waals surface area contributed by atoms with Crippen LogP contribution in [0.15, 0.2) is 30.5 Å². The zero-order valence-corrected chi connectivity index (χ0v) is 23.4. The van der Waals surface area contributed by atoms with E-state index in [1.54, 1.807) is 6.20 Å². The number of nitriles is 1. The van der Waals surface area contributed by atoms with Gasteiger partial charge in [-0.1, -0.05) is 18.2 Å². The number of alkyl carbamates (subject to hydrolysis) is 1. The zero-order chi connectivity index (χ0) is 27.6. The number of nitrogens with one attached hydrogen (secondary N) is 3. The fourth-order valence-electron chi connectivity index (χ4n) is 7.16. The van der Waals surface area contributed by atoms with Gasteiger partial charge in [0.2, 0.25) is 5.95 Å². The van der Waals surface area contributed by atoms with Crippen LogP contribution in [-0.4, -0.2) is 40.9 Å². The minimum Gasteiger partial charge on any atom is -0.494 e. The number of aromatic nitrogens is 2. The van der Waals surface area contributed by atoms with Gasteiger partial charge in [-0.15, -0.1) is 0 Å². The van der Waals surface area contributed by atoms with Gasteiger partial charge in [0.05, 0.1) is 12.8 Å². The fraction of sp³-hybridized carbons (Fsp3) is 0.600. The Hall–Kier alpha value is -3.54. The van der Waals surface area contributed by atoms with Crippen molar-refractivity contribution in [2.45, 2.75) is 78.0 Å². The van der Waals surface area contributed by atoms with Gasteiger partial charge >= 0.3 is 6.09 Å². The molecule has 0 saturated heterocycles. The van der Waals surface area contributed by atoms with Crippen LogP contribution >= 0.6 is 0 Å². The Morgan fingerprint density at radius 2 is 1.90 bits per heavy atom. The SMILES string of the molecule is CCOc1ccccc1CNc1ncc(C#N)c(NCC23CC4C[C@H](C2)C(NC(=O)OC(C)(C)C)[C@@H](C4)C3)n1. The normalized spacial score (nSPS) is 26.9. The van der Waals surface area contributed by atoms with Crippen LogP contribution in [-0.2, 0) is 11.3 Å². The number of hydrogen-bond donors (Lipinski definition) is 3. The van der Waals surface area contributed by atoms with Crippen molar-refractivity contribution in [3.05, 3.63) is 41.6 Å². The number of amides is 1. The second kappa shape index (κ2) is 10.9. The number of nitrogens with zero attached hydrogens (tertiary/aromatic N) is 3. The Kier molecular flexibility index (Phi) is 7.57. The van der Waals surface area contributed by atoms with Crippen LogP contribution in [0.4, 0.5) is 16.6 Å². The predicted octanol–water partition coefficient (Wildman–Crippen LogP) is 5.49. The van der Waals surface area contributed by atoms with E-state index in [2.05, 4.69) is 32.0 Å². The largest absolute Gasteiger partial charge is 0.494 e. The summed E-state index contributed by atoms with van der Waals surface area (Å²) in [7, 11) is 0. The molecule has 0 aliphatic heterocycles. The Labute approximate surface area is 231 Å². The van der Waals surface area contributed by atoms with E-state index in [4.69, 9.17) is 9.47 Å². The molecule has 3 N–H and O–H groups in total. The molecule has 1 aromatic heterocycles. The minimum absolute atomic E-state index is 0.143. The first-order valence-corrected chi connectivity index (χ1v) is 14.1. The molecule has 0 radical (unpaired) electrons. The lowest BCUT2D eigenvalue weighted by atomic mass is 9.48. The summed E-state index contributed by atoms with van der Waals surface area (Å²) in [4.78, 5) is 21.6. The second-order valence-corrected chi connectivity index (χ2v) is 12.5. The Balaban J connectivity index is 1.24. The maximum absolute atomic E-state index is 12.5. The van der Waals surface area contributed by atoms with Gasteiger partial charge in [0, 0.05) is 24.7 Å². The van der Waals surface area contributed by atoms with Gasteiger partial charge in [-0.3, -0.25) is 0 Å². The number of benzene rings is 1. The molecule has 0 spiro atoms. The van der Waals surface area contributed by atoms with E-state index in [9.17, 15) is 10.1 Å². The van der Waals surface area contributed by atoms with Crippen LogP contribution in [0.2, 0.25) is 0 Å². The van der Waals surface area contributed by atoms with E-state index in [0.29, 0.717) is 48.2 Å². The number of carbonyl (C=O) groups is 1. The fourth-order valence-corrected chi connectivity index (χ4v) is 7.16. The number of carbonyl (C=O) groups excluding carboxylic acids is 1. The summed E-state index contributed by atoms with van der Waals surface area (Å²) in [5, 5.41) is 19.7. The highest BCUT2D eigenvalue weighted by atomic mass is 16.6. The maximum atomic E-state index is 12.5. The van der Waals surface area contributed by atoms with Crippen LogP contribution in [0.25, 0.3) is 0 Å². The molecule has 208 valence electrons. The molecule has 1 heterocycles. The monoisotopic (exact) mass is 532 g/mol. The average molecular weight is 533 g/mol. The molecule has 5 atom stereocenters. The maximum Gasteiger partial charge on any atom is 0.407 e. The summed E-state index contributed by atoms with van der Waals surface area (Å²) in [5.74, 6) is 3.45. The van der Waals surface area contributed by atoms with Gasteiger partial charge in [-0.2, -0.15) is 10.2 Å². The first-order valence-electron chi connectivity index (χ1n) is 14.1. The summed E-state index contributed by atoms with van der Waals surface area (Å²) in [5.41, 5.74) is 1.09. The van der Waals surface area contributed by atoms with E-state index in [1.807, 2.05) is 52.0 Å². The predicted molar refractivity (Wildman–Crippen MR) is 149 cm³/mol. The Bertz CT molecular complexity index is 1220. The number of hydrogen-bond acceptors (Lipinski definition) is 8. The highest BCUT2D eigenvalue weighted by Gasteiger charge is 2.55. The van der Waals surface area contributed by atoms with Gasteiger partial charge in [0.25, 0.3) is 0 Å². The average Bonchev–Trinajstić information content (AvgIpc) is 2.88.